The summed E-state index contributed by atoms with van der Waals surface area (Å²) >= 11 is 0. The third kappa shape index (κ3) is 1.60. The van der Waals surface area contributed by atoms with E-state index in [1.165, 1.54) is 11.1 Å². The topological polar surface area (TPSA) is 97.3 Å². The van der Waals surface area contributed by atoms with Crippen LogP contribution in [0.3, 0.4) is 0 Å². The number of hydrazone groups is 1. The van der Waals surface area contributed by atoms with Crippen LogP contribution in [-0.2, 0) is 9.53 Å². The number of hydrogen-bond donors (Lipinski definition) is 2. The molecular formula is C10H9N3O3. The largest absolute Gasteiger partial charge is 0.454 e. The van der Waals surface area contributed by atoms with Gasteiger partial charge in [0.15, 0.2) is 0 Å². The third-order valence-corrected chi connectivity index (χ3v) is 2.28. The lowest BCUT2D eigenvalue weighted by molar-refractivity contribution is -0.132. The average Bonchev–Trinajstić information content (AvgIpc) is 2.64. The molecule has 3 N–H and O–H groups in total. The summed E-state index contributed by atoms with van der Waals surface area (Å²) in [5, 5.41) is 14.0. The van der Waals surface area contributed by atoms with Crippen LogP contribution in [0, 0.1) is 0 Å². The minimum Gasteiger partial charge on any atom is -0.454 e. The van der Waals surface area contributed by atoms with E-state index in [0.29, 0.717) is 0 Å². The van der Waals surface area contributed by atoms with Crippen molar-refractivity contribution in [2.24, 2.45) is 16.1 Å². The number of benzene rings is 1. The summed E-state index contributed by atoms with van der Waals surface area (Å²) in [5.74, 6) is 4.12. The number of nitrogens with zero attached hydrogens (tertiary/aromatic N) is 2. The molecule has 16 heavy (non-hydrogen) atoms. The van der Waals surface area contributed by atoms with Gasteiger partial charge in [0.25, 0.3) is 0 Å². The van der Waals surface area contributed by atoms with Crippen molar-refractivity contribution in [2.75, 3.05) is 6.61 Å². The second kappa shape index (κ2) is 4.01. The Hall–Kier alpha value is -2.37. The van der Waals surface area contributed by atoms with Gasteiger partial charge in [-0.15, -0.1) is 0 Å². The third-order valence-electron chi connectivity index (χ3n) is 2.28. The van der Waals surface area contributed by atoms with Gasteiger partial charge in [0.2, 0.25) is 5.71 Å². The molecule has 1 fully saturated rings. The molecule has 3 rings (SSSR count). The molecule has 82 valence electrons. The van der Waals surface area contributed by atoms with E-state index in [0.717, 1.165) is 0 Å². The molecule has 6 nitrogen and oxygen atoms in total. The fourth-order valence-electron chi connectivity index (χ4n) is 1.25. The maximum atomic E-state index is 10.5. The standard InChI is InChI=1S/C6H4.C4H5N3O3/c1-2-6-4-3-5(1)6;5-6-2-1-10-4(8)3(2)7-9/h1-4H;9H,1,5H2. The summed E-state index contributed by atoms with van der Waals surface area (Å²) in [5.41, 5.74) is 2.79. The van der Waals surface area contributed by atoms with E-state index in [-0.39, 0.29) is 18.0 Å². The zero-order valence-corrected chi connectivity index (χ0v) is 8.25. The van der Waals surface area contributed by atoms with Gasteiger partial charge in [-0.2, -0.15) is 5.10 Å². The van der Waals surface area contributed by atoms with E-state index in [2.05, 4.69) is 39.3 Å². The van der Waals surface area contributed by atoms with Gasteiger partial charge in [0, 0.05) is 0 Å². The summed E-state index contributed by atoms with van der Waals surface area (Å²) < 4.78 is 4.42. The number of hydrogen-bond acceptors (Lipinski definition) is 6. The molecule has 0 aromatic heterocycles. The normalized spacial score (nSPS) is 20.4. The minimum atomic E-state index is -0.702. The van der Waals surface area contributed by atoms with Gasteiger partial charge in [-0.05, 0) is 11.1 Å². The molecule has 3 aliphatic rings. The Morgan fingerprint density at radius 3 is 2.06 bits per heavy atom. The number of carbonyl (C=O) groups excluding carboxylic acids is 1. The van der Waals surface area contributed by atoms with E-state index < -0.39 is 5.97 Å². The Morgan fingerprint density at radius 2 is 1.81 bits per heavy atom. The second-order valence-electron chi connectivity index (χ2n) is 3.18. The van der Waals surface area contributed by atoms with E-state index >= 15 is 0 Å². The Labute approximate surface area is 91.0 Å². The lowest BCUT2D eigenvalue weighted by atomic mass is 9.95. The molecule has 0 bridgehead atoms. The molecule has 1 heterocycles. The van der Waals surface area contributed by atoms with Crippen LogP contribution in [0.4, 0.5) is 0 Å². The van der Waals surface area contributed by atoms with Crippen molar-refractivity contribution in [3.63, 3.8) is 0 Å². The lowest BCUT2D eigenvalue weighted by Crippen LogP contribution is -2.16. The zero-order valence-electron chi connectivity index (χ0n) is 8.25. The number of esters is 1. The average molecular weight is 219 g/mol. The Balaban J connectivity index is 0.000000134. The molecular weight excluding hydrogens is 210 g/mol. The van der Waals surface area contributed by atoms with Gasteiger partial charge in [0.05, 0.1) is 0 Å². The second-order valence-corrected chi connectivity index (χ2v) is 3.18. The molecule has 6 heteroatoms. The highest BCUT2D eigenvalue weighted by molar-refractivity contribution is 6.68. The first-order valence-electron chi connectivity index (χ1n) is 4.53. The monoisotopic (exact) mass is 219 g/mol. The van der Waals surface area contributed by atoms with Crippen LogP contribution in [0.15, 0.2) is 34.5 Å². The van der Waals surface area contributed by atoms with Crippen molar-refractivity contribution < 1.29 is 14.7 Å². The number of ether oxygens (including phenoxy) is 1. The molecule has 0 spiro atoms. The first-order chi connectivity index (χ1) is 7.76. The van der Waals surface area contributed by atoms with Gasteiger partial charge in [-0.3, -0.25) is 0 Å². The van der Waals surface area contributed by atoms with Crippen LogP contribution in [0.2, 0.25) is 0 Å². The quantitative estimate of drug-likeness (QED) is 0.289. The number of oxime groups is 1. The SMILES string of the molecule is NN=C1COC(=O)C1=NO.c1cc2ccc1-2. The molecule has 0 aromatic carbocycles. The highest BCUT2D eigenvalue weighted by Crippen LogP contribution is 2.29. The van der Waals surface area contributed by atoms with Gasteiger partial charge < -0.3 is 15.8 Å². The maximum Gasteiger partial charge on any atom is 0.362 e. The maximum absolute atomic E-state index is 10.5. The highest BCUT2D eigenvalue weighted by Gasteiger charge is 2.28. The predicted molar refractivity (Wildman–Crippen MR) is 57.2 cm³/mol. The van der Waals surface area contributed by atoms with Gasteiger partial charge in [-0.1, -0.05) is 29.4 Å². The molecule has 0 amide bonds. The molecule has 1 saturated heterocycles. The van der Waals surface area contributed by atoms with Crippen molar-refractivity contribution in [1.82, 2.24) is 0 Å². The number of cyclic esters (lactones) is 1. The fraction of sp³-hybridized carbons (Fsp3) is 0.100. The Kier molecular flexibility index (Phi) is 2.55. The number of carbonyl (C=O) groups is 1. The van der Waals surface area contributed by atoms with Crippen LogP contribution >= 0.6 is 0 Å². The first-order valence-corrected chi connectivity index (χ1v) is 4.53. The van der Waals surface area contributed by atoms with Crippen molar-refractivity contribution in [1.29, 1.82) is 0 Å². The van der Waals surface area contributed by atoms with Crippen LogP contribution < -0.4 is 5.84 Å². The van der Waals surface area contributed by atoms with E-state index in [1.54, 1.807) is 0 Å². The van der Waals surface area contributed by atoms with Crippen LogP contribution in [-0.4, -0.2) is 29.2 Å². The Bertz CT molecular complexity index is 456. The number of fused-ring (bicyclic) bond motifs is 1. The Morgan fingerprint density at radius 1 is 1.25 bits per heavy atom. The molecule has 0 atom stereocenters. The molecule has 1 aliphatic heterocycles. The van der Waals surface area contributed by atoms with E-state index in [4.69, 9.17) is 11.0 Å². The zero-order chi connectivity index (χ0) is 11.5. The van der Waals surface area contributed by atoms with Crippen molar-refractivity contribution in [3.8, 4) is 11.1 Å². The van der Waals surface area contributed by atoms with Crippen molar-refractivity contribution >= 4 is 17.4 Å². The van der Waals surface area contributed by atoms with Gasteiger partial charge >= 0.3 is 5.97 Å². The summed E-state index contributed by atoms with van der Waals surface area (Å²) in [4.78, 5) is 10.5. The number of rotatable bonds is 0. The van der Waals surface area contributed by atoms with E-state index in [9.17, 15) is 4.79 Å². The van der Waals surface area contributed by atoms with Gasteiger partial charge in [-0.25, -0.2) is 4.79 Å². The highest BCUT2D eigenvalue weighted by atomic mass is 16.5. The summed E-state index contributed by atoms with van der Waals surface area (Å²) in [6.45, 7) is -0.0191. The fourth-order valence-corrected chi connectivity index (χ4v) is 1.25. The number of nitrogens with two attached hydrogens (primary N) is 1. The molecule has 0 saturated carbocycles. The molecule has 0 aromatic rings. The van der Waals surface area contributed by atoms with Crippen LogP contribution in [0.1, 0.15) is 0 Å². The minimum absolute atomic E-state index is 0.0191. The molecule has 0 radical (unpaired) electrons. The molecule has 0 unspecified atom stereocenters. The van der Waals surface area contributed by atoms with Gasteiger partial charge in [0.1, 0.15) is 12.3 Å². The van der Waals surface area contributed by atoms with Crippen LogP contribution in [0.25, 0.3) is 11.1 Å². The lowest BCUT2D eigenvalue weighted by Gasteiger charge is -2.10. The van der Waals surface area contributed by atoms with Crippen molar-refractivity contribution in [2.45, 2.75) is 0 Å². The van der Waals surface area contributed by atoms with Crippen molar-refractivity contribution in [3.05, 3.63) is 24.3 Å². The smallest absolute Gasteiger partial charge is 0.362 e. The first kappa shape index (κ1) is 10.2. The summed E-state index contributed by atoms with van der Waals surface area (Å²) in [7, 11) is 0. The van der Waals surface area contributed by atoms with Crippen LogP contribution in [0.5, 0.6) is 0 Å². The summed E-state index contributed by atoms with van der Waals surface area (Å²) in [6.07, 6.45) is 0. The molecule has 2 aliphatic carbocycles. The summed E-state index contributed by atoms with van der Waals surface area (Å²) in [6, 6.07) is 8.48. The van der Waals surface area contributed by atoms with E-state index in [1.807, 2.05) is 0 Å². The predicted octanol–water partition coefficient (Wildman–Crippen LogP) is 0.355.